The van der Waals surface area contributed by atoms with Crippen LogP contribution in [0.25, 0.3) is 0 Å². The van der Waals surface area contributed by atoms with Crippen molar-refractivity contribution in [1.29, 1.82) is 0 Å². The SMILES string of the molecule is CCCCCCN(C(=O)[C@@H](NCC(=O)[C@H]1CCCCN1)[C@@H](C)CC)[C@H](C[C@H](Cc1nc(C(=O)N[C@@H](Cc2ccc(N)c(F)c2)CC(C)(C)C(=O)O)cs1)OC(C)=O)C(C)C. The number of aliphatic carboxylic acids is 1. The molecule has 1 aromatic heterocycles. The Labute approximate surface area is 360 Å². The molecule has 1 aliphatic heterocycles. The molecule has 6 atom stereocenters. The van der Waals surface area contributed by atoms with Crippen LogP contribution in [0.2, 0.25) is 0 Å². The normalized spacial score (nSPS) is 17.0. The smallest absolute Gasteiger partial charge is 0.309 e. The molecule has 15 heteroatoms. The lowest BCUT2D eigenvalue weighted by molar-refractivity contribution is -0.149. The van der Waals surface area contributed by atoms with Crippen LogP contribution in [0.15, 0.2) is 23.6 Å². The number of anilines is 1. The van der Waals surface area contributed by atoms with E-state index in [1.165, 1.54) is 30.4 Å². The first-order valence-electron chi connectivity index (χ1n) is 21.9. The predicted octanol–water partition coefficient (Wildman–Crippen LogP) is 6.72. The van der Waals surface area contributed by atoms with E-state index in [0.717, 1.165) is 57.9 Å². The molecule has 2 aromatic rings. The van der Waals surface area contributed by atoms with Crippen molar-refractivity contribution in [2.75, 3.05) is 25.4 Å². The molecular weight excluding hydrogens is 788 g/mol. The van der Waals surface area contributed by atoms with Gasteiger partial charge >= 0.3 is 11.9 Å². The molecule has 3 rings (SSSR count). The molecule has 6 N–H and O–H groups in total. The Morgan fingerprint density at radius 1 is 1.10 bits per heavy atom. The molecule has 0 unspecified atom stereocenters. The zero-order valence-corrected chi connectivity index (χ0v) is 37.9. The van der Waals surface area contributed by atoms with Gasteiger partial charge in [-0.3, -0.25) is 29.3 Å². The van der Waals surface area contributed by atoms with Gasteiger partial charge in [0.1, 0.15) is 17.6 Å². The zero-order chi connectivity index (χ0) is 44.6. The first-order valence-corrected chi connectivity index (χ1v) is 22.7. The van der Waals surface area contributed by atoms with Gasteiger partial charge < -0.3 is 31.1 Å². The lowest BCUT2D eigenvalue weighted by atomic mass is 9.84. The number of thiazole rings is 1. The first kappa shape index (κ1) is 50.4. The fraction of sp³-hybridized carbons (Fsp3) is 0.689. The number of benzene rings is 1. The van der Waals surface area contributed by atoms with E-state index < -0.39 is 47.3 Å². The second kappa shape index (κ2) is 24.5. The van der Waals surface area contributed by atoms with Gasteiger partial charge in [-0.1, -0.05) is 72.8 Å². The lowest BCUT2D eigenvalue weighted by Crippen LogP contribution is -2.56. The maximum atomic E-state index is 14.8. The third kappa shape index (κ3) is 15.8. The van der Waals surface area contributed by atoms with Crippen molar-refractivity contribution < 1.29 is 38.2 Å². The Balaban J connectivity index is 1.86. The summed E-state index contributed by atoms with van der Waals surface area (Å²) in [4.78, 5) is 72.7. The molecule has 336 valence electrons. The van der Waals surface area contributed by atoms with Crippen molar-refractivity contribution in [1.82, 2.24) is 25.8 Å². The summed E-state index contributed by atoms with van der Waals surface area (Å²) in [6, 6.07) is 2.58. The lowest BCUT2D eigenvalue weighted by Gasteiger charge is -2.40. The molecule has 1 saturated heterocycles. The summed E-state index contributed by atoms with van der Waals surface area (Å²) < 4.78 is 20.2. The van der Waals surface area contributed by atoms with E-state index in [-0.39, 0.29) is 72.8 Å². The number of carbonyl (C=O) groups excluding carboxylic acids is 4. The highest BCUT2D eigenvalue weighted by atomic mass is 32.1. The summed E-state index contributed by atoms with van der Waals surface area (Å²) in [5.41, 5.74) is 5.12. The Morgan fingerprint density at radius 2 is 1.83 bits per heavy atom. The Morgan fingerprint density at radius 3 is 2.43 bits per heavy atom. The number of rotatable bonds is 26. The number of unbranched alkanes of at least 4 members (excludes halogenated alkanes) is 3. The van der Waals surface area contributed by atoms with E-state index in [1.807, 2.05) is 18.7 Å². The minimum atomic E-state index is -1.19. The fourth-order valence-corrected chi connectivity index (χ4v) is 8.65. The molecule has 2 heterocycles. The number of carboxylic acids is 1. The van der Waals surface area contributed by atoms with Crippen LogP contribution in [0.1, 0.15) is 141 Å². The Hall–Kier alpha value is -3.95. The molecule has 0 spiro atoms. The van der Waals surface area contributed by atoms with E-state index >= 15 is 0 Å². The van der Waals surface area contributed by atoms with Crippen LogP contribution in [-0.2, 0) is 36.8 Å². The number of hydrogen-bond acceptors (Lipinski definition) is 11. The van der Waals surface area contributed by atoms with E-state index in [0.29, 0.717) is 23.5 Å². The topological polar surface area (TPSA) is 193 Å². The highest BCUT2D eigenvalue weighted by Gasteiger charge is 2.37. The van der Waals surface area contributed by atoms with Gasteiger partial charge in [-0.15, -0.1) is 11.3 Å². The number of hydrogen-bond donors (Lipinski definition) is 5. The minimum absolute atomic E-state index is 0.0111. The van der Waals surface area contributed by atoms with Crippen molar-refractivity contribution >= 4 is 46.6 Å². The molecule has 1 fully saturated rings. The maximum Gasteiger partial charge on any atom is 0.309 e. The molecule has 0 bridgehead atoms. The van der Waals surface area contributed by atoms with Crippen molar-refractivity contribution in [3.8, 4) is 0 Å². The van der Waals surface area contributed by atoms with Gasteiger partial charge in [0.25, 0.3) is 5.91 Å². The summed E-state index contributed by atoms with van der Waals surface area (Å²) in [5.74, 6) is -2.69. The number of ether oxygens (including phenoxy) is 1. The van der Waals surface area contributed by atoms with Gasteiger partial charge in [0.05, 0.1) is 34.7 Å². The number of ketones is 1. The number of nitrogens with two attached hydrogens (primary N) is 1. The Bertz CT molecular complexity index is 1710. The van der Waals surface area contributed by atoms with Crippen LogP contribution in [0.4, 0.5) is 10.1 Å². The highest BCUT2D eigenvalue weighted by Crippen LogP contribution is 2.27. The molecule has 0 aliphatic carbocycles. The van der Waals surface area contributed by atoms with Crippen LogP contribution < -0.4 is 21.7 Å². The highest BCUT2D eigenvalue weighted by molar-refractivity contribution is 7.09. The number of Topliss-reactive ketones (excluding diaryl/α,β-unsaturated/α-hetero) is 1. The van der Waals surface area contributed by atoms with E-state index in [4.69, 9.17) is 10.5 Å². The molecule has 2 amide bonds. The quantitative estimate of drug-likeness (QED) is 0.0383. The average Bonchev–Trinajstić information content (AvgIpc) is 3.66. The van der Waals surface area contributed by atoms with Gasteiger partial charge in [-0.25, -0.2) is 9.37 Å². The van der Waals surface area contributed by atoms with Gasteiger partial charge in [0.15, 0.2) is 5.78 Å². The number of carboxylic acid groups (broad SMARTS) is 1. The summed E-state index contributed by atoms with van der Waals surface area (Å²) in [6.45, 7) is 16.2. The van der Waals surface area contributed by atoms with Gasteiger partial charge in [0.2, 0.25) is 5.91 Å². The van der Waals surface area contributed by atoms with Crippen LogP contribution in [0, 0.1) is 23.1 Å². The van der Waals surface area contributed by atoms with Gasteiger partial charge in [-0.2, -0.15) is 0 Å². The first-order chi connectivity index (χ1) is 28.4. The van der Waals surface area contributed by atoms with Crippen molar-refractivity contribution in [2.45, 2.75) is 163 Å². The average molecular weight is 859 g/mol. The standard InChI is InChI=1S/C45H71FN6O7S/c1-9-11-12-15-20-52(43(56)41(29(5)10-2)49-26-39(54)36-16-13-14-19-48-36)38(28(3)4)23-33(59-30(6)53)24-40-51-37(27-60-40)42(55)50-32(25-45(7,8)44(57)58)21-31-17-18-35(47)34(46)22-31/h17-18,22,27-29,32-33,36,38,41,48-49H,9-16,19-21,23-26,47H2,1-8H3,(H,50,55)(H,57,58)/t29-,32-,33+,36+,38+,41-/m0/s1. The van der Waals surface area contributed by atoms with Gasteiger partial charge in [-0.05, 0) is 82.0 Å². The molecule has 13 nitrogen and oxygen atoms in total. The van der Waals surface area contributed by atoms with E-state index in [2.05, 4.69) is 41.7 Å². The molecule has 0 radical (unpaired) electrons. The minimum Gasteiger partial charge on any atom is -0.481 e. The van der Waals surface area contributed by atoms with E-state index in [9.17, 15) is 33.5 Å². The largest absolute Gasteiger partial charge is 0.481 e. The summed E-state index contributed by atoms with van der Waals surface area (Å²) >= 11 is 1.24. The number of aromatic nitrogens is 1. The number of halogens is 1. The van der Waals surface area contributed by atoms with E-state index in [1.54, 1.807) is 25.3 Å². The molecule has 0 saturated carbocycles. The molecule has 1 aromatic carbocycles. The number of carbonyl (C=O) groups is 5. The van der Waals surface area contributed by atoms with Crippen LogP contribution in [0.3, 0.4) is 0 Å². The van der Waals surface area contributed by atoms with Crippen LogP contribution in [0.5, 0.6) is 0 Å². The number of nitrogens with one attached hydrogen (secondary N) is 3. The number of esters is 1. The Kier molecular flexibility index (Phi) is 20.6. The second-order valence-electron chi connectivity index (χ2n) is 17.5. The molecule has 1 aliphatic rings. The van der Waals surface area contributed by atoms with Crippen molar-refractivity contribution in [3.63, 3.8) is 0 Å². The predicted molar refractivity (Wildman–Crippen MR) is 234 cm³/mol. The molecular formula is C45H71FN6O7S. The summed E-state index contributed by atoms with van der Waals surface area (Å²) in [5, 5.41) is 21.6. The maximum absolute atomic E-state index is 14.8. The van der Waals surface area contributed by atoms with Crippen molar-refractivity contribution in [3.05, 3.63) is 45.7 Å². The second-order valence-corrected chi connectivity index (χ2v) is 18.5. The summed E-state index contributed by atoms with van der Waals surface area (Å²) in [6.07, 6.45) is 7.54. The monoisotopic (exact) mass is 859 g/mol. The molecule has 60 heavy (non-hydrogen) atoms. The summed E-state index contributed by atoms with van der Waals surface area (Å²) in [7, 11) is 0. The number of amides is 2. The third-order valence-corrected chi connectivity index (χ3v) is 12.5. The number of nitrogens with zero attached hydrogens (tertiary/aromatic N) is 2. The van der Waals surface area contributed by atoms with Crippen molar-refractivity contribution in [2.24, 2.45) is 17.3 Å². The van der Waals surface area contributed by atoms with Crippen LogP contribution >= 0.6 is 11.3 Å². The fourth-order valence-electron chi connectivity index (χ4n) is 7.81. The van der Waals surface area contributed by atoms with Gasteiger partial charge in [0, 0.05) is 43.8 Å². The number of piperidine rings is 1. The zero-order valence-electron chi connectivity index (χ0n) is 37.1. The third-order valence-electron chi connectivity index (χ3n) is 11.6. The van der Waals surface area contributed by atoms with Crippen LogP contribution in [-0.4, -0.2) is 94.4 Å². The number of nitrogen functional groups attached to an aromatic ring is 1.